The van der Waals surface area contributed by atoms with Crippen molar-refractivity contribution in [3.8, 4) is 0 Å². The van der Waals surface area contributed by atoms with E-state index in [0.29, 0.717) is 24.9 Å². The van der Waals surface area contributed by atoms with E-state index in [4.69, 9.17) is 5.73 Å². The molecule has 0 radical (unpaired) electrons. The Bertz CT molecular complexity index is 497. The summed E-state index contributed by atoms with van der Waals surface area (Å²) in [6, 6.07) is 1.34. The first-order chi connectivity index (χ1) is 8.56. The van der Waals surface area contributed by atoms with E-state index >= 15 is 0 Å². The summed E-state index contributed by atoms with van der Waals surface area (Å²) in [5.74, 6) is -0.985. The van der Waals surface area contributed by atoms with E-state index in [2.05, 4.69) is 10.6 Å². The monoisotopic (exact) mass is 267 g/mol. The average Bonchev–Trinajstić information content (AvgIpc) is 2.76. The summed E-state index contributed by atoms with van der Waals surface area (Å²) in [5, 5.41) is 7.02. The number of nitrogens with one attached hydrogen (secondary N) is 2. The smallest absolute Gasteiger partial charge is 0.249 e. The van der Waals surface area contributed by atoms with E-state index in [1.54, 1.807) is 11.4 Å². The predicted molar refractivity (Wildman–Crippen MR) is 65.8 cm³/mol. The second kappa shape index (κ2) is 5.28. The quantitative estimate of drug-likeness (QED) is 0.654. The number of imide groups is 1. The number of piperidine rings is 1. The summed E-state index contributed by atoms with van der Waals surface area (Å²) in [4.78, 5) is 34.3. The van der Waals surface area contributed by atoms with Crippen LogP contribution in [0.5, 0.6) is 0 Å². The molecule has 1 fully saturated rings. The second-order valence-corrected chi connectivity index (χ2v) is 5.05. The number of amides is 3. The minimum Gasteiger partial charge on any atom is -0.366 e. The molecule has 0 aromatic carbocycles. The molecule has 1 saturated heterocycles. The van der Waals surface area contributed by atoms with Gasteiger partial charge in [-0.05, 0) is 12.5 Å². The molecule has 2 rings (SSSR count). The van der Waals surface area contributed by atoms with Gasteiger partial charge in [-0.25, -0.2) is 0 Å². The molecule has 2 heterocycles. The van der Waals surface area contributed by atoms with Crippen LogP contribution < -0.4 is 16.4 Å². The highest BCUT2D eigenvalue weighted by atomic mass is 32.1. The van der Waals surface area contributed by atoms with E-state index in [9.17, 15) is 14.4 Å². The summed E-state index contributed by atoms with van der Waals surface area (Å²) in [7, 11) is 0. The molecule has 0 spiro atoms. The van der Waals surface area contributed by atoms with Crippen LogP contribution in [-0.2, 0) is 16.1 Å². The number of carbonyl (C=O) groups excluding carboxylic acids is 3. The zero-order valence-corrected chi connectivity index (χ0v) is 10.4. The molecule has 0 saturated carbocycles. The van der Waals surface area contributed by atoms with Crippen LogP contribution in [0, 0.1) is 0 Å². The number of hydrogen-bond acceptors (Lipinski definition) is 5. The molecule has 6 nitrogen and oxygen atoms in total. The maximum Gasteiger partial charge on any atom is 0.249 e. The Morgan fingerprint density at radius 1 is 1.56 bits per heavy atom. The van der Waals surface area contributed by atoms with Gasteiger partial charge in [-0.2, -0.15) is 0 Å². The van der Waals surface area contributed by atoms with Crippen molar-refractivity contribution >= 4 is 29.1 Å². The summed E-state index contributed by atoms with van der Waals surface area (Å²) in [6.07, 6.45) is 0.846. The molecule has 1 aromatic heterocycles. The van der Waals surface area contributed by atoms with Crippen molar-refractivity contribution in [3.63, 3.8) is 0 Å². The Labute approximate surface area is 108 Å². The largest absolute Gasteiger partial charge is 0.366 e. The molecule has 1 atom stereocenters. The number of nitrogens with two attached hydrogens (primary N) is 1. The van der Waals surface area contributed by atoms with Crippen molar-refractivity contribution in [2.24, 2.45) is 5.73 Å². The Morgan fingerprint density at radius 3 is 2.94 bits per heavy atom. The first-order valence-electron chi connectivity index (χ1n) is 5.50. The maximum absolute atomic E-state index is 11.5. The van der Waals surface area contributed by atoms with E-state index < -0.39 is 5.91 Å². The lowest BCUT2D eigenvalue weighted by Crippen LogP contribution is -2.50. The molecule has 1 aromatic rings. The second-order valence-electron chi connectivity index (χ2n) is 4.05. The fourth-order valence-electron chi connectivity index (χ4n) is 1.71. The van der Waals surface area contributed by atoms with Crippen LogP contribution in [0.3, 0.4) is 0 Å². The van der Waals surface area contributed by atoms with Gasteiger partial charge in [0, 0.05) is 23.2 Å². The lowest BCUT2D eigenvalue weighted by atomic mass is 10.1. The molecular formula is C11H13N3O3S. The number of primary amides is 1. The van der Waals surface area contributed by atoms with Gasteiger partial charge < -0.3 is 11.1 Å². The van der Waals surface area contributed by atoms with Gasteiger partial charge in [0.2, 0.25) is 17.7 Å². The molecule has 1 unspecified atom stereocenters. The third-order valence-electron chi connectivity index (χ3n) is 2.70. The third kappa shape index (κ3) is 2.93. The van der Waals surface area contributed by atoms with Crippen LogP contribution >= 0.6 is 11.3 Å². The SMILES string of the molecule is NC(=O)c1csc(CNC2CCC(=O)NC2=O)c1. The highest BCUT2D eigenvalue weighted by Gasteiger charge is 2.25. The third-order valence-corrected chi connectivity index (χ3v) is 3.64. The van der Waals surface area contributed by atoms with Crippen LogP contribution in [-0.4, -0.2) is 23.8 Å². The molecule has 1 aliphatic rings. The molecule has 1 aliphatic heterocycles. The Morgan fingerprint density at radius 2 is 2.33 bits per heavy atom. The van der Waals surface area contributed by atoms with Crippen LogP contribution in [0.4, 0.5) is 0 Å². The fourth-order valence-corrected chi connectivity index (χ4v) is 2.54. The van der Waals surface area contributed by atoms with Crippen LogP contribution in [0.25, 0.3) is 0 Å². The van der Waals surface area contributed by atoms with Crippen LogP contribution in [0.2, 0.25) is 0 Å². The Kier molecular flexibility index (Phi) is 3.73. The van der Waals surface area contributed by atoms with Gasteiger partial charge in [0.25, 0.3) is 0 Å². The number of hydrogen-bond donors (Lipinski definition) is 3. The molecule has 96 valence electrons. The maximum atomic E-state index is 11.5. The molecule has 7 heteroatoms. The van der Waals surface area contributed by atoms with E-state index in [1.165, 1.54) is 11.3 Å². The van der Waals surface area contributed by atoms with Gasteiger partial charge in [0.1, 0.15) is 0 Å². The minimum absolute atomic E-state index is 0.231. The van der Waals surface area contributed by atoms with Crippen molar-refractivity contribution in [1.29, 1.82) is 0 Å². The summed E-state index contributed by atoms with van der Waals surface area (Å²) in [5.41, 5.74) is 5.62. The van der Waals surface area contributed by atoms with Crippen LogP contribution in [0.1, 0.15) is 28.1 Å². The van der Waals surface area contributed by atoms with E-state index in [-0.39, 0.29) is 17.9 Å². The highest BCUT2D eigenvalue weighted by Crippen LogP contribution is 2.15. The zero-order chi connectivity index (χ0) is 13.1. The summed E-state index contributed by atoms with van der Waals surface area (Å²) < 4.78 is 0. The van der Waals surface area contributed by atoms with Crippen molar-refractivity contribution in [2.45, 2.75) is 25.4 Å². The lowest BCUT2D eigenvalue weighted by molar-refractivity contribution is -0.134. The number of rotatable bonds is 4. The van der Waals surface area contributed by atoms with Gasteiger partial charge >= 0.3 is 0 Å². The van der Waals surface area contributed by atoms with Gasteiger partial charge in [-0.3, -0.25) is 19.7 Å². The van der Waals surface area contributed by atoms with Crippen molar-refractivity contribution < 1.29 is 14.4 Å². The van der Waals surface area contributed by atoms with E-state index in [1.807, 2.05) is 0 Å². The van der Waals surface area contributed by atoms with Gasteiger partial charge in [-0.1, -0.05) is 0 Å². The normalized spacial score (nSPS) is 19.7. The van der Waals surface area contributed by atoms with Crippen molar-refractivity contribution in [1.82, 2.24) is 10.6 Å². The average molecular weight is 267 g/mol. The van der Waals surface area contributed by atoms with Crippen LogP contribution in [0.15, 0.2) is 11.4 Å². The number of thiophene rings is 1. The minimum atomic E-state index is -0.460. The molecular weight excluding hydrogens is 254 g/mol. The topological polar surface area (TPSA) is 101 Å². The summed E-state index contributed by atoms with van der Waals surface area (Å²) >= 11 is 1.41. The Hall–Kier alpha value is -1.73. The standard InChI is InChI=1S/C11H13N3O3S/c12-10(16)6-3-7(18-5-6)4-13-8-1-2-9(15)14-11(8)17/h3,5,8,13H,1-2,4H2,(H2,12,16)(H,14,15,17). The zero-order valence-electron chi connectivity index (χ0n) is 9.56. The predicted octanol–water partition coefficient (Wildman–Crippen LogP) is -0.258. The first-order valence-corrected chi connectivity index (χ1v) is 6.38. The van der Waals surface area contributed by atoms with Gasteiger partial charge in [-0.15, -0.1) is 11.3 Å². The van der Waals surface area contributed by atoms with Crippen molar-refractivity contribution in [3.05, 3.63) is 21.9 Å². The van der Waals surface area contributed by atoms with Gasteiger partial charge in [0.05, 0.1) is 11.6 Å². The van der Waals surface area contributed by atoms with Crippen molar-refractivity contribution in [2.75, 3.05) is 0 Å². The molecule has 0 bridgehead atoms. The molecule has 3 amide bonds. The fraction of sp³-hybridized carbons (Fsp3) is 0.364. The Balaban J connectivity index is 1.89. The first kappa shape index (κ1) is 12.7. The molecule has 0 aliphatic carbocycles. The lowest BCUT2D eigenvalue weighted by Gasteiger charge is -2.21. The number of carbonyl (C=O) groups is 3. The summed E-state index contributed by atoms with van der Waals surface area (Å²) in [6.45, 7) is 0.476. The molecule has 18 heavy (non-hydrogen) atoms. The van der Waals surface area contributed by atoms with Gasteiger partial charge in [0.15, 0.2) is 0 Å². The van der Waals surface area contributed by atoms with E-state index in [0.717, 1.165) is 4.88 Å². The highest BCUT2D eigenvalue weighted by molar-refractivity contribution is 7.10. The molecule has 4 N–H and O–H groups in total.